The summed E-state index contributed by atoms with van der Waals surface area (Å²) < 4.78 is 0. The van der Waals surface area contributed by atoms with Crippen LogP contribution in [0.25, 0.3) is 0 Å². The van der Waals surface area contributed by atoms with Gasteiger partial charge in [-0.15, -0.1) is 17.5 Å². The molecule has 0 saturated carbocycles. The molecule has 1 heterocycles. The van der Waals surface area contributed by atoms with Gasteiger partial charge in [-0.3, -0.25) is 9.80 Å². The molecule has 0 aliphatic carbocycles. The summed E-state index contributed by atoms with van der Waals surface area (Å²) in [6.45, 7) is 0. The van der Waals surface area contributed by atoms with Crippen molar-refractivity contribution in [3.8, 4) is 0 Å². The molecule has 1 amide bonds. The second-order valence-electron chi connectivity index (χ2n) is 2.50. The van der Waals surface area contributed by atoms with Gasteiger partial charge in [0, 0.05) is 14.1 Å². The molecule has 0 bridgehead atoms. The number of imidazole rings is 1. The fourth-order valence-corrected chi connectivity index (χ4v) is 0.676. The maximum atomic E-state index is 10.8. The minimum Gasteiger partial charge on any atom is -0.364 e. The van der Waals surface area contributed by atoms with Crippen LogP contribution in [0.5, 0.6) is 0 Å². The molecule has 0 spiro atoms. The summed E-state index contributed by atoms with van der Waals surface area (Å²) in [5.41, 5.74) is 5.20. The van der Waals surface area contributed by atoms with Gasteiger partial charge in [0.15, 0.2) is 5.69 Å². The van der Waals surface area contributed by atoms with Crippen molar-refractivity contribution in [3.05, 3.63) is 12.0 Å². The smallest absolute Gasteiger partial charge is 0.269 e. The third-order valence-corrected chi connectivity index (χ3v) is 1.18. The maximum Gasteiger partial charge on any atom is 0.269 e. The van der Waals surface area contributed by atoms with Gasteiger partial charge in [-0.1, -0.05) is 5.22 Å². The van der Waals surface area contributed by atoms with E-state index in [1.165, 1.54) is 11.3 Å². The number of nitrogens with two attached hydrogens (primary N) is 1. The zero-order valence-electron chi connectivity index (χ0n) is 7.76. The maximum absolute atomic E-state index is 10.8. The number of rotatable bonds is 3. The van der Waals surface area contributed by atoms with Crippen molar-refractivity contribution in [2.75, 3.05) is 14.1 Å². The monoisotopic (exact) mass is 218 g/mol. The first-order valence-corrected chi connectivity index (χ1v) is 3.53. The lowest BCUT2D eigenvalue weighted by molar-refractivity contribution is 0.0996. The van der Waals surface area contributed by atoms with Crippen LogP contribution in [0.1, 0.15) is 10.5 Å². The Morgan fingerprint density at radius 2 is 2.29 bits per heavy atom. The van der Waals surface area contributed by atoms with Gasteiger partial charge >= 0.3 is 0 Å². The molecule has 0 aliphatic heterocycles. The lowest BCUT2D eigenvalue weighted by Gasteiger charge is -1.98. The third kappa shape index (κ3) is 3.02. The van der Waals surface area contributed by atoms with Gasteiger partial charge < -0.3 is 10.7 Å². The van der Waals surface area contributed by atoms with Gasteiger partial charge in [0.2, 0.25) is 5.82 Å². The number of nitrogens with zero attached hydrogens (tertiary/aromatic N) is 4. The van der Waals surface area contributed by atoms with Gasteiger partial charge in [-0.25, -0.2) is 4.98 Å². The van der Waals surface area contributed by atoms with Crippen LogP contribution in [-0.4, -0.2) is 35.0 Å². The van der Waals surface area contributed by atoms with Crippen molar-refractivity contribution in [2.45, 2.75) is 0 Å². The predicted octanol–water partition coefficient (Wildman–Crippen LogP) is 0.491. The molecule has 1 aromatic rings. The van der Waals surface area contributed by atoms with Gasteiger partial charge in [-0.2, -0.15) is 0 Å². The van der Waals surface area contributed by atoms with Crippen LogP contribution in [0.4, 0.5) is 5.82 Å². The Hall–Kier alpha value is -1.63. The van der Waals surface area contributed by atoms with Crippen LogP contribution in [0.15, 0.2) is 16.7 Å². The summed E-state index contributed by atoms with van der Waals surface area (Å²) in [4.78, 5) is 17.1. The summed E-state index contributed by atoms with van der Waals surface area (Å²) in [7, 11) is 3.42. The molecule has 0 aliphatic rings. The highest BCUT2D eigenvalue weighted by Crippen LogP contribution is 2.12. The fourth-order valence-electron chi connectivity index (χ4n) is 0.676. The Labute approximate surface area is 86.8 Å². The number of hydrogen-bond donors (Lipinski definition) is 2. The number of nitrogens with one attached hydrogen (secondary N) is 1. The van der Waals surface area contributed by atoms with Gasteiger partial charge in [0.25, 0.3) is 5.91 Å². The first kappa shape index (κ1) is 12.4. The molecule has 1 rings (SSSR count). The third-order valence-electron chi connectivity index (χ3n) is 1.18. The quantitative estimate of drug-likeness (QED) is 0.570. The van der Waals surface area contributed by atoms with Gasteiger partial charge in [0.1, 0.15) is 0 Å². The molecule has 0 saturated heterocycles. The molecule has 8 heteroatoms. The van der Waals surface area contributed by atoms with E-state index in [0.29, 0.717) is 0 Å². The van der Waals surface area contributed by atoms with E-state index in [0.717, 1.165) is 0 Å². The Kier molecular flexibility index (Phi) is 4.57. The van der Waals surface area contributed by atoms with Gasteiger partial charge in [0.05, 0.1) is 6.33 Å². The molecule has 0 aromatic carbocycles. The molecule has 78 valence electrons. The highest BCUT2D eigenvalue weighted by molar-refractivity contribution is 5.94. The zero-order chi connectivity index (χ0) is 9.84. The first-order chi connectivity index (χ1) is 6.11. The molecule has 0 fully saturated rings. The van der Waals surface area contributed by atoms with Crippen LogP contribution in [-0.2, 0) is 0 Å². The Morgan fingerprint density at radius 3 is 2.79 bits per heavy atom. The van der Waals surface area contributed by atoms with Crippen LogP contribution < -0.4 is 5.73 Å². The minimum atomic E-state index is -0.606. The van der Waals surface area contributed by atoms with Crippen LogP contribution >= 0.6 is 12.4 Å². The zero-order valence-corrected chi connectivity index (χ0v) is 8.58. The van der Waals surface area contributed by atoms with Crippen LogP contribution in [0, 0.1) is 0 Å². The number of amides is 1. The minimum absolute atomic E-state index is 0. The number of halogens is 1. The summed E-state index contributed by atoms with van der Waals surface area (Å²) >= 11 is 0. The number of aromatic nitrogens is 2. The second kappa shape index (κ2) is 5.18. The number of hydrogen-bond acceptors (Lipinski definition) is 4. The van der Waals surface area contributed by atoms with E-state index in [2.05, 4.69) is 20.3 Å². The standard InChI is InChI=1S/C6H10N6O.ClH/c1-12(2)11-10-6-4(5(7)13)8-3-9-6;/h3H,1-2H3,(H2,7,13)(H,8,9);1H/b11-10+;. The highest BCUT2D eigenvalue weighted by Gasteiger charge is 2.09. The fraction of sp³-hybridized carbons (Fsp3) is 0.333. The van der Waals surface area contributed by atoms with Crippen molar-refractivity contribution < 1.29 is 4.79 Å². The average Bonchev–Trinajstić information content (AvgIpc) is 2.47. The van der Waals surface area contributed by atoms with E-state index in [4.69, 9.17) is 5.73 Å². The van der Waals surface area contributed by atoms with Crippen LogP contribution in [0.2, 0.25) is 0 Å². The predicted molar refractivity (Wildman–Crippen MR) is 52.6 cm³/mol. The average molecular weight is 219 g/mol. The lowest BCUT2D eigenvalue weighted by atomic mass is 10.4. The van der Waals surface area contributed by atoms with E-state index < -0.39 is 5.91 Å². The molecule has 3 N–H and O–H groups in total. The van der Waals surface area contributed by atoms with E-state index in [-0.39, 0.29) is 23.9 Å². The molecular formula is C6H11ClN6O. The van der Waals surface area contributed by atoms with E-state index in [1.54, 1.807) is 14.1 Å². The summed E-state index contributed by atoms with van der Waals surface area (Å²) in [6.07, 6.45) is 1.34. The summed E-state index contributed by atoms with van der Waals surface area (Å²) in [5.74, 6) is -0.411. The van der Waals surface area contributed by atoms with Gasteiger partial charge in [-0.05, 0) is 0 Å². The molecule has 0 radical (unpaired) electrons. The van der Waals surface area contributed by atoms with E-state index in [1.807, 2.05) is 0 Å². The van der Waals surface area contributed by atoms with E-state index >= 15 is 0 Å². The van der Waals surface area contributed by atoms with Crippen LogP contribution in [0.3, 0.4) is 0 Å². The lowest BCUT2D eigenvalue weighted by Crippen LogP contribution is -2.11. The molecular weight excluding hydrogens is 208 g/mol. The van der Waals surface area contributed by atoms with Crippen molar-refractivity contribution in [1.82, 2.24) is 15.0 Å². The molecule has 14 heavy (non-hydrogen) atoms. The van der Waals surface area contributed by atoms with Crippen molar-refractivity contribution in [1.29, 1.82) is 0 Å². The molecule has 0 unspecified atom stereocenters. The number of H-pyrrole nitrogens is 1. The summed E-state index contributed by atoms with van der Waals surface area (Å²) in [6, 6.07) is 0. The van der Waals surface area contributed by atoms with Crippen molar-refractivity contribution in [2.24, 2.45) is 16.1 Å². The Morgan fingerprint density at radius 1 is 1.64 bits per heavy atom. The Bertz CT molecular complexity index is 333. The Balaban J connectivity index is 0.00000169. The largest absolute Gasteiger partial charge is 0.364 e. The van der Waals surface area contributed by atoms with Crippen molar-refractivity contribution >= 4 is 24.1 Å². The normalized spacial score (nSPS) is 9.86. The number of carbonyl (C=O) groups is 1. The molecule has 0 atom stereocenters. The summed E-state index contributed by atoms with van der Waals surface area (Å²) in [5, 5.41) is 8.86. The number of aromatic amines is 1. The van der Waals surface area contributed by atoms with Crippen molar-refractivity contribution in [3.63, 3.8) is 0 Å². The van der Waals surface area contributed by atoms with E-state index in [9.17, 15) is 4.79 Å². The number of carbonyl (C=O) groups excluding carboxylic acids is 1. The molecule has 7 nitrogen and oxygen atoms in total. The topological polar surface area (TPSA) is 99.7 Å². The second-order valence-corrected chi connectivity index (χ2v) is 2.50. The first-order valence-electron chi connectivity index (χ1n) is 3.53. The SMILES string of the molecule is CN(C)/N=N/c1nc[nH]c1C(N)=O.Cl. The molecule has 1 aromatic heterocycles. The highest BCUT2D eigenvalue weighted by atomic mass is 35.5. The number of primary amides is 1.